The lowest BCUT2D eigenvalue weighted by Gasteiger charge is -2.06. The van der Waals surface area contributed by atoms with E-state index < -0.39 is 0 Å². The molecule has 0 atom stereocenters. The third kappa shape index (κ3) is 4.00. The number of aromatic nitrogens is 2. The van der Waals surface area contributed by atoms with Gasteiger partial charge in [-0.3, -0.25) is 10.1 Å². The summed E-state index contributed by atoms with van der Waals surface area (Å²) < 4.78 is 10.7. The molecule has 1 amide bonds. The molecule has 0 spiro atoms. The van der Waals surface area contributed by atoms with Crippen LogP contribution in [0.25, 0.3) is 11.5 Å². The highest BCUT2D eigenvalue weighted by molar-refractivity contribution is 7.99. The molecule has 0 bridgehead atoms. The van der Waals surface area contributed by atoms with Crippen LogP contribution in [0, 0.1) is 0 Å². The van der Waals surface area contributed by atoms with Gasteiger partial charge in [0.1, 0.15) is 5.75 Å². The number of benzene rings is 2. The van der Waals surface area contributed by atoms with Crippen LogP contribution in [0.15, 0.2) is 57.8 Å². The molecule has 1 N–H and O–H groups in total. The fraction of sp³-hybridized carbons (Fsp3) is 0.167. The minimum Gasteiger partial charge on any atom is -0.497 e. The van der Waals surface area contributed by atoms with E-state index in [9.17, 15) is 4.79 Å². The molecule has 1 aromatic heterocycles. The number of anilines is 1. The first kappa shape index (κ1) is 17.0. The van der Waals surface area contributed by atoms with Crippen LogP contribution in [-0.2, 0) is 0 Å². The molecule has 2 aromatic carbocycles. The van der Waals surface area contributed by atoms with Crippen LogP contribution >= 0.6 is 11.8 Å². The van der Waals surface area contributed by atoms with Crippen LogP contribution in [-0.4, -0.2) is 29.0 Å². The van der Waals surface area contributed by atoms with Gasteiger partial charge in [-0.25, -0.2) is 0 Å². The first-order valence-corrected chi connectivity index (χ1v) is 8.71. The second-order valence-corrected chi connectivity index (χ2v) is 6.33. The SMILES string of the molecule is CCSc1ccccc1C(=O)Nc1nnc(-c2ccc(OC)cc2)o1. The van der Waals surface area contributed by atoms with Crippen LogP contribution in [0.5, 0.6) is 5.75 Å². The van der Waals surface area contributed by atoms with Crippen LogP contribution in [0.2, 0.25) is 0 Å². The third-order valence-corrected chi connectivity index (χ3v) is 4.37. The van der Waals surface area contributed by atoms with Crippen LogP contribution < -0.4 is 10.1 Å². The summed E-state index contributed by atoms with van der Waals surface area (Å²) in [5, 5.41) is 10.5. The molecule has 0 fully saturated rings. The number of rotatable bonds is 6. The van der Waals surface area contributed by atoms with E-state index in [0.717, 1.165) is 22.0 Å². The van der Waals surface area contributed by atoms with Gasteiger partial charge in [-0.1, -0.05) is 24.2 Å². The summed E-state index contributed by atoms with van der Waals surface area (Å²) >= 11 is 1.61. The quantitative estimate of drug-likeness (QED) is 0.671. The number of ether oxygens (including phenoxy) is 1. The lowest BCUT2D eigenvalue weighted by atomic mass is 10.2. The first-order chi connectivity index (χ1) is 12.2. The fourth-order valence-corrected chi connectivity index (χ4v) is 3.03. The Morgan fingerprint density at radius 2 is 1.92 bits per heavy atom. The highest BCUT2D eigenvalue weighted by Gasteiger charge is 2.15. The number of methoxy groups -OCH3 is 1. The minimum absolute atomic E-state index is 0.0621. The summed E-state index contributed by atoms with van der Waals surface area (Å²) in [4.78, 5) is 13.4. The molecule has 128 valence electrons. The van der Waals surface area contributed by atoms with Crippen molar-refractivity contribution in [1.29, 1.82) is 0 Å². The molecule has 0 aliphatic heterocycles. The van der Waals surface area contributed by atoms with Gasteiger partial charge in [-0.2, -0.15) is 0 Å². The lowest BCUT2D eigenvalue weighted by Crippen LogP contribution is -2.13. The summed E-state index contributed by atoms with van der Waals surface area (Å²) in [5.74, 6) is 1.67. The zero-order valence-corrected chi connectivity index (χ0v) is 14.7. The van der Waals surface area contributed by atoms with Crippen molar-refractivity contribution < 1.29 is 13.9 Å². The number of amides is 1. The summed E-state index contributed by atoms with van der Waals surface area (Å²) in [6, 6.07) is 14.7. The average Bonchev–Trinajstić information content (AvgIpc) is 3.11. The zero-order valence-electron chi connectivity index (χ0n) is 13.9. The topological polar surface area (TPSA) is 77.2 Å². The highest BCUT2D eigenvalue weighted by atomic mass is 32.2. The standard InChI is InChI=1S/C18H17N3O3S/c1-3-25-15-7-5-4-6-14(15)16(22)19-18-21-20-17(24-18)12-8-10-13(23-2)11-9-12/h4-11H,3H2,1-2H3,(H,19,21,22). The average molecular weight is 355 g/mol. The second kappa shape index (κ2) is 7.85. The molecule has 7 heteroatoms. The van der Waals surface area contributed by atoms with Gasteiger partial charge in [-0.05, 0) is 42.2 Å². The van der Waals surface area contributed by atoms with Crippen molar-refractivity contribution in [3.8, 4) is 17.2 Å². The van der Waals surface area contributed by atoms with Crippen molar-refractivity contribution in [2.45, 2.75) is 11.8 Å². The summed E-state index contributed by atoms with van der Waals surface area (Å²) in [7, 11) is 1.60. The molecule has 6 nitrogen and oxygen atoms in total. The molecule has 0 saturated carbocycles. The van der Waals surface area contributed by atoms with E-state index >= 15 is 0 Å². The Labute approximate surface area is 149 Å². The van der Waals surface area contributed by atoms with Crippen LogP contribution in [0.3, 0.4) is 0 Å². The predicted octanol–water partition coefficient (Wildman–Crippen LogP) is 4.11. The number of nitrogens with zero attached hydrogens (tertiary/aromatic N) is 2. The van der Waals surface area contributed by atoms with Crippen molar-refractivity contribution in [2.75, 3.05) is 18.2 Å². The maximum Gasteiger partial charge on any atom is 0.322 e. The number of thioether (sulfide) groups is 1. The molecule has 3 rings (SSSR count). The molecule has 3 aromatic rings. The number of hydrogen-bond donors (Lipinski definition) is 1. The molecule has 0 aliphatic carbocycles. The minimum atomic E-state index is -0.276. The Morgan fingerprint density at radius 1 is 1.16 bits per heavy atom. The molecule has 1 heterocycles. The van der Waals surface area contributed by atoms with Gasteiger partial charge in [0.25, 0.3) is 5.91 Å². The second-order valence-electron chi connectivity index (χ2n) is 5.02. The summed E-state index contributed by atoms with van der Waals surface area (Å²) in [6.07, 6.45) is 0. The van der Waals surface area contributed by atoms with Gasteiger partial charge in [-0.15, -0.1) is 16.9 Å². The zero-order chi connectivity index (χ0) is 17.6. The third-order valence-electron chi connectivity index (χ3n) is 3.41. The van der Waals surface area contributed by atoms with E-state index in [1.165, 1.54) is 0 Å². The molecule has 0 unspecified atom stereocenters. The lowest BCUT2D eigenvalue weighted by molar-refractivity contribution is 0.102. The number of carbonyl (C=O) groups excluding carboxylic acids is 1. The van der Waals surface area contributed by atoms with Crippen molar-refractivity contribution in [3.05, 3.63) is 54.1 Å². The maximum atomic E-state index is 12.5. The molecule has 0 saturated heterocycles. The predicted molar refractivity (Wildman–Crippen MR) is 97.1 cm³/mol. The smallest absolute Gasteiger partial charge is 0.322 e. The van der Waals surface area contributed by atoms with Gasteiger partial charge in [0.2, 0.25) is 5.89 Å². The summed E-state index contributed by atoms with van der Waals surface area (Å²) in [5.41, 5.74) is 1.33. The maximum absolute atomic E-state index is 12.5. The van der Waals surface area contributed by atoms with Crippen LogP contribution in [0.4, 0.5) is 6.01 Å². The van der Waals surface area contributed by atoms with E-state index in [2.05, 4.69) is 15.5 Å². The normalized spacial score (nSPS) is 10.5. The number of carbonyl (C=O) groups is 1. The first-order valence-electron chi connectivity index (χ1n) is 7.72. The Hall–Kier alpha value is -2.80. The Morgan fingerprint density at radius 3 is 2.64 bits per heavy atom. The van der Waals surface area contributed by atoms with Gasteiger partial charge in [0.05, 0.1) is 12.7 Å². The van der Waals surface area contributed by atoms with Gasteiger partial charge in [0.15, 0.2) is 0 Å². The Kier molecular flexibility index (Phi) is 5.35. The van der Waals surface area contributed by atoms with Gasteiger partial charge >= 0.3 is 6.01 Å². The monoisotopic (exact) mass is 355 g/mol. The molecular formula is C18H17N3O3S. The van der Waals surface area contributed by atoms with Crippen molar-refractivity contribution >= 4 is 23.7 Å². The molecular weight excluding hydrogens is 338 g/mol. The molecule has 0 aliphatic rings. The largest absolute Gasteiger partial charge is 0.497 e. The fourth-order valence-electron chi connectivity index (χ4n) is 2.22. The van der Waals surface area contributed by atoms with E-state index in [4.69, 9.17) is 9.15 Å². The van der Waals surface area contributed by atoms with Gasteiger partial charge in [0, 0.05) is 10.5 Å². The highest BCUT2D eigenvalue weighted by Crippen LogP contribution is 2.25. The van der Waals surface area contributed by atoms with Gasteiger partial charge < -0.3 is 9.15 Å². The van der Waals surface area contributed by atoms with E-state index in [1.807, 2.05) is 37.3 Å². The van der Waals surface area contributed by atoms with Crippen molar-refractivity contribution in [3.63, 3.8) is 0 Å². The summed E-state index contributed by atoms with van der Waals surface area (Å²) in [6.45, 7) is 2.04. The molecule has 0 radical (unpaired) electrons. The van der Waals surface area contributed by atoms with Crippen molar-refractivity contribution in [1.82, 2.24) is 10.2 Å². The number of hydrogen-bond acceptors (Lipinski definition) is 6. The van der Waals surface area contributed by atoms with Crippen molar-refractivity contribution in [2.24, 2.45) is 0 Å². The Bertz CT molecular complexity index is 862. The van der Waals surface area contributed by atoms with E-state index in [1.54, 1.807) is 37.1 Å². The molecule has 25 heavy (non-hydrogen) atoms. The van der Waals surface area contributed by atoms with Crippen LogP contribution in [0.1, 0.15) is 17.3 Å². The Balaban J connectivity index is 1.76. The van der Waals surface area contributed by atoms with E-state index in [-0.39, 0.29) is 11.9 Å². The number of nitrogens with one attached hydrogen (secondary N) is 1. The van der Waals surface area contributed by atoms with E-state index in [0.29, 0.717) is 11.5 Å².